The molecule has 182 valence electrons. The van der Waals surface area contributed by atoms with Gasteiger partial charge in [-0.15, -0.1) is 0 Å². The maximum Gasteiger partial charge on any atom is 0.311 e. The number of carbonyl (C=O) groups excluding carboxylic acids is 1. The fourth-order valence-electron chi connectivity index (χ4n) is 4.64. The normalized spacial score (nSPS) is 19.0. The number of aromatic nitrogens is 2. The van der Waals surface area contributed by atoms with Crippen molar-refractivity contribution in [1.29, 1.82) is 0 Å². The third-order valence-electron chi connectivity index (χ3n) is 6.68. The summed E-state index contributed by atoms with van der Waals surface area (Å²) in [4.78, 5) is 17.1. The van der Waals surface area contributed by atoms with E-state index in [4.69, 9.17) is 9.47 Å². The molecule has 1 aliphatic heterocycles. The third-order valence-corrected chi connectivity index (χ3v) is 6.68. The van der Waals surface area contributed by atoms with Crippen molar-refractivity contribution in [3.8, 4) is 0 Å². The maximum atomic E-state index is 12.6. The Kier molecular flexibility index (Phi) is 7.24. The maximum absolute atomic E-state index is 12.6. The van der Waals surface area contributed by atoms with Gasteiger partial charge in [-0.25, -0.2) is 0 Å². The minimum atomic E-state index is -0.155. The lowest BCUT2D eigenvalue weighted by molar-refractivity contribution is -0.157. The molecule has 6 heteroatoms. The van der Waals surface area contributed by atoms with Gasteiger partial charge in [0.2, 0.25) is 6.79 Å². The van der Waals surface area contributed by atoms with Crippen LogP contribution in [0.15, 0.2) is 35.3 Å². The van der Waals surface area contributed by atoms with Gasteiger partial charge in [0.15, 0.2) is 5.76 Å². The Morgan fingerprint density at radius 1 is 1.09 bits per heavy atom. The van der Waals surface area contributed by atoms with Gasteiger partial charge in [-0.3, -0.25) is 14.5 Å². The van der Waals surface area contributed by atoms with E-state index in [1.54, 1.807) is 0 Å². The van der Waals surface area contributed by atoms with Gasteiger partial charge in [0.1, 0.15) is 11.7 Å². The van der Waals surface area contributed by atoms with Crippen LogP contribution in [0.4, 0.5) is 0 Å². The van der Waals surface area contributed by atoms with E-state index in [0.717, 1.165) is 48.2 Å². The molecule has 1 saturated carbocycles. The zero-order valence-corrected chi connectivity index (χ0v) is 21.1. The molecule has 34 heavy (non-hydrogen) atoms. The summed E-state index contributed by atoms with van der Waals surface area (Å²) in [6.07, 6.45) is 7.12. The Bertz CT molecular complexity index is 1060. The Morgan fingerprint density at radius 2 is 1.76 bits per heavy atom. The van der Waals surface area contributed by atoms with Crippen LogP contribution >= 0.6 is 0 Å². The number of esters is 1. The zero-order chi connectivity index (χ0) is 24.3. The zero-order valence-electron chi connectivity index (χ0n) is 21.1. The van der Waals surface area contributed by atoms with E-state index in [1.807, 2.05) is 23.9 Å². The number of hydrogen-bond acceptors (Lipinski definition) is 5. The topological polar surface area (TPSA) is 65.7 Å². The number of ether oxygens (including phenoxy) is 2. The van der Waals surface area contributed by atoms with Crippen molar-refractivity contribution < 1.29 is 14.3 Å². The van der Waals surface area contributed by atoms with E-state index in [2.05, 4.69) is 62.1 Å². The van der Waals surface area contributed by atoms with Crippen molar-refractivity contribution in [1.82, 2.24) is 9.78 Å². The van der Waals surface area contributed by atoms with E-state index >= 15 is 0 Å². The molecule has 0 amide bonds. The van der Waals surface area contributed by atoms with Crippen LogP contribution in [0.3, 0.4) is 0 Å². The monoisotopic (exact) mass is 463 g/mol. The summed E-state index contributed by atoms with van der Waals surface area (Å²) < 4.78 is 13.8. The van der Waals surface area contributed by atoms with Crippen molar-refractivity contribution in [2.75, 3.05) is 6.79 Å². The summed E-state index contributed by atoms with van der Waals surface area (Å²) in [6, 6.07) is 10.6. The molecule has 0 spiro atoms. The van der Waals surface area contributed by atoms with Crippen LogP contribution in [0, 0.1) is 12.8 Å². The van der Waals surface area contributed by atoms with Crippen LogP contribution in [-0.2, 0) is 26.2 Å². The molecule has 0 N–H and O–H groups in total. The predicted molar refractivity (Wildman–Crippen MR) is 135 cm³/mol. The Hall–Kier alpha value is -2.89. The molecule has 1 aromatic carbocycles. The lowest BCUT2D eigenvalue weighted by Crippen LogP contribution is -2.21. The molecule has 1 aromatic heterocycles. The van der Waals surface area contributed by atoms with Crippen LogP contribution in [0.1, 0.15) is 82.3 Å². The van der Waals surface area contributed by atoms with Crippen molar-refractivity contribution in [2.24, 2.45) is 10.9 Å². The molecule has 1 fully saturated rings. The van der Waals surface area contributed by atoms with Gasteiger partial charge < -0.3 is 9.47 Å². The number of carbonyl (C=O) groups is 1. The highest BCUT2D eigenvalue weighted by Gasteiger charge is 2.29. The van der Waals surface area contributed by atoms with Gasteiger partial charge in [-0.1, -0.05) is 64.3 Å². The number of aryl methyl sites for hydroxylation is 2. The van der Waals surface area contributed by atoms with E-state index in [9.17, 15) is 4.79 Å². The highest BCUT2D eigenvalue weighted by atomic mass is 16.7. The quantitative estimate of drug-likeness (QED) is 0.277. The average molecular weight is 464 g/mol. The van der Waals surface area contributed by atoms with Crippen LogP contribution < -0.4 is 0 Å². The smallest absolute Gasteiger partial charge is 0.311 e. The Balaban J connectivity index is 1.65. The van der Waals surface area contributed by atoms with Gasteiger partial charge in [-0.2, -0.15) is 5.10 Å². The second kappa shape index (κ2) is 10.2. The molecular weight excluding hydrogens is 426 g/mol. The molecule has 0 bridgehead atoms. The molecule has 0 saturated heterocycles. The second-order valence-electron chi connectivity index (χ2n) is 10.4. The standard InChI is InChI=1S/C28H37N3O3/c1-6-31-24(16-19(2)30-31)26(33-18-34-27(32)21-10-8-7-9-11-21)25(23-17-29-23)20-12-14-22(15-13-20)28(3,4)5/h12-17,21,23H,6-11,18H2,1-5H3/b26-25+. The molecule has 1 atom stereocenters. The first-order valence-electron chi connectivity index (χ1n) is 12.5. The summed E-state index contributed by atoms with van der Waals surface area (Å²) in [5.74, 6) is 0.507. The number of rotatable bonds is 8. The Labute approximate surface area is 203 Å². The number of benzene rings is 1. The average Bonchev–Trinajstić information content (AvgIpc) is 3.59. The van der Waals surface area contributed by atoms with E-state index < -0.39 is 0 Å². The predicted octanol–water partition coefficient (Wildman–Crippen LogP) is 5.93. The number of aliphatic imine (C=N–C) groups is 1. The van der Waals surface area contributed by atoms with Crippen LogP contribution in [0.2, 0.25) is 0 Å². The van der Waals surface area contributed by atoms with Gasteiger partial charge in [0.05, 0.1) is 11.6 Å². The summed E-state index contributed by atoms with van der Waals surface area (Å²) in [5, 5.41) is 4.62. The van der Waals surface area contributed by atoms with E-state index in [0.29, 0.717) is 12.3 Å². The highest BCUT2D eigenvalue weighted by Crippen LogP contribution is 2.36. The minimum absolute atomic E-state index is 0.00984. The lowest BCUT2D eigenvalue weighted by Gasteiger charge is -2.22. The largest absolute Gasteiger partial charge is 0.455 e. The first-order valence-corrected chi connectivity index (χ1v) is 12.5. The fourth-order valence-corrected chi connectivity index (χ4v) is 4.64. The highest BCUT2D eigenvalue weighted by molar-refractivity contribution is 6.03. The molecule has 2 aliphatic rings. The van der Waals surface area contributed by atoms with Gasteiger partial charge in [0.25, 0.3) is 0 Å². The summed E-state index contributed by atoms with van der Waals surface area (Å²) >= 11 is 0. The van der Waals surface area contributed by atoms with Crippen molar-refractivity contribution in [3.05, 3.63) is 52.8 Å². The van der Waals surface area contributed by atoms with Gasteiger partial charge in [0, 0.05) is 18.3 Å². The molecule has 2 aromatic rings. The van der Waals surface area contributed by atoms with Crippen LogP contribution in [0.5, 0.6) is 0 Å². The number of nitrogens with zero attached hydrogens (tertiary/aromatic N) is 3. The third kappa shape index (κ3) is 5.60. The molecule has 1 unspecified atom stereocenters. The molecule has 2 heterocycles. The van der Waals surface area contributed by atoms with Gasteiger partial charge in [-0.05, 0) is 49.3 Å². The van der Waals surface area contributed by atoms with Crippen molar-refractivity contribution in [3.63, 3.8) is 0 Å². The molecule has 4 rings (SSSR count). The first kappa shape index (κ1) is 24.2. The molecule has 6 nitrogen and oxygen atoms in total. The molecule has 1 aliphatic carbocycles. The van der Waals surface area contributed by atoms with E-state index in [1.165, 1.54) is 12.0 Å². The van der Waals surface area contributed by atoms with Gasteiger partial charge >= 0.3 is 5.97 Å². The van der Waals surface area contributed by atoms with Crippen molar-refractivity contribution in [2.45, 2.75) is 84.7 Å². The van der Waals surface area contributed by atoms with Crippen LogP contribution in [-0.4, -0.2) is 34.8 Å². The van der Waals surface area contributed by atoms with Crippen LogP contribution in [0.25, 0.3) is 11.3 Å². The number of hydrogen-bond donors (Lipinski definition) is 0. The first-order chi connectivity index (χ1) is 16.3. The fraction of sp³-hybridized carbons (Fsp3) is 0.536. The van der Waals surface area contributed by atoms with Crippen molar-refractivity contribution >= 4 is 23.5 Å². The lowest BCUT2D eigenvalue weighted by atomic mass is 9.86. The molecule has 0 radical (unpaired) electrons. The van der Waals surface area contributed by atoms with E-state index in [-0.39, 0.29) is 30.1 Å². The minimum Gasteiger partial charge on any atom is -0.455 e. The summed E-state index contributed by atoms with van der Waals surface area (Å²) in [7, 11) is 0. The summed E-state index contributed by atoms with van der Waals surface area (Å²) in [5.41, 5.74) is 5.15. The second-order valence-corrected chi connectivity index (χ2v) is 10.4. The summed E-state index contributed by atoms with van der Waals surface area (Å²) in [6.45, 7) is 11.3. The Morgan fingerprint density at radius 3 is 2.35 bits per heavy atom. The SMILES string of the molecule is CCn1nc(C)cc1/C(OCOC(=O)C1CCCCC1)=C(/c1ccc(C(C)(C)C)cc1)C1C=N1. The molecular formula is C28H37N3O3.